The van der Waals surface area contributed by atoms with Gasteiger partial charge >= 0.3 is 11.8 Å². The molecule has 130 valence electrons. The van der Waals surface area contributed by atoms with E-state index in [2.05, 4.69) is 16.0 Å². The topological polar surface area (TPSA) is 87.3 Å². The second kappa shape index (κ2) is 8.30. The maximum atomic E-state index is 11.9. The Morgan fingerprint density at radius 2 is 1.72 bits per heavy atom. The highest BCUT2D eigenvalue weighted by Crippen LogP contribution is 2.19. The number of halogens is 1. The minimum atomic E-state index is -0.889. The zero-order valence-corrected chi connectivity index (χ0v) is 14.6. The van der Waals surface area contributed by atoms with Crippen molar-refractivity contribution in [2.24, 2.45) is 0 Å². The number of benzene rings is 2. The Kier molecular flexibility index (Phi) is 6.14. The van der Waals surface area contributed by atoms with Crippen LogP contribution in [0.15, 0.2) is 42.5 Å². The van der Waals surface area contributed by atoms with E-state index >= 15 is 0 Å². The van der Waals surface area contributed by atoms with E-state index in [0.29, 0.717) is 16.4 Å². The number of aryl methyl sites for hydroxylation is 2. The molecule has 2 aromatic rings. The van der Waals surface area contributed by atoms with Gasteiger partial charge in [0.1, 0.15) is 0 Å². The molecule has 0 aromatic heterocycles. The fourth-order valence-corrected chi connectivity index (χ4v) is 2.25. The van der Waals surface area contributed by atoms with Gasteiger partial charge in [0.25, 0.3) is 0 Å². The van der Waals surface area contributed by atoms with E-state index in [1.807, 2.05) is 19.9 Å². The number of anilines is 2. The van der Waals surface area contributed by atoms with E-state index in [-0.39, 0.29) is 6.54 Å². The Hall–Kier alpha value is -2.86. The van der Waals surface area contributed by atoms with Crippen LogP contribution in [-0.4, -0.2) is 24.3 Å². The zero-order valence-electron chi connectivity index (χ0n) is 13.9. The third kappa shape index (κ3) is 5.61. The van der Waals surface area contributed by atoms with Crippen LogP contribution in [0, 0.1) is 13.8 Å². The van der Waals surface area contributed by atoms with Crippen LogP contribution in [0.25, 0.3) is 0 Å². The van der Waals surface area contributed by atoms with Gasteiger partial charge in [-0.15, -0.1) is 0 Å². The molecule has 2 rings (SSSR count). The van der Waals surface area contributed by atoms with E-state index in [9.17, 15) is 14.4 Å². The predicted molar refractivity (Wildman–Crippen MR) is 97.6 cm³/mol. The third-order valence-corrected chi connectivity index (χ3v) is 3.60. The van der Waals surface area contributed by atoms with Crippen molar-refractivity contribution in [2.45, 2.75) is 13.8 Å². The number of hydrogen-bond acceptors (Lipinski definition) is 3. The van der Waals surface area contributed by atoms with Crippen molar-refractivity contribution in [3.05, 3.63) is 58.6 Å². The van der Waals surface area contributed by atoms with Crippen molar-refractivity contribution in [1.82, 2.24) is 5.32 Å². The van der Waals surface area contributed by atoms with Gasteiger partial charge in [0.05, 0.1) is 6.54 Å². The average molecular weight is 360 g/mol. The largest absolute Gasteiger partial charge is 0.339 e. The van der Waals surface area contributed by atoms with Gasteiger partial charge in [0.15, 0.2) is 0 Å². The highest BCUT2D eigenvalue weighted by molar-refractivity contribution is 6.40. The monoisotopic (exact) mass is 359 g/mol. The quantitative estimate of drug-likeness (QED) is 0.733. The molecular formula is C18H18ClN3O3. The van der Waals surface area contributed by atoms with E-state index in [0.717, 1.165) is 11.1 Å². The zero-order chi connectivity index (χ0) is 18.4. The summed E-state index contributed by atoms with van der Waals surface area (Å²) in [4.78, 5) is 35.5. The fourth-order valence-electron chi connectivity index (χ4n) is 2.07. The lowest BCUT2D eigenvalue weighted by Gasteiger charge is -2.10. The van der Waals surface area contributed by atoms with Gasteiger partial charge in [-0.3, -0.25) is 14.4 Å². The number of rotatable bonds is 4. The molecule has 0 bridgehead atoms. The number of amides is 3. The second-order valence-corrected chi connectivity index (χ2v) is 5.95. The smallest absolute Gasteiger partial charge is 0.313 e. The van der Waals surface area contributed by atoms with Gasteiger partial charge in [-0.2, -0.15) is 0 Å². The molecule has 0 spiro atoms. The summed E-state index contributed by atoms with van der Waals surface area (Å²) in [5.74, 6) is -2.18. The van der Waals surface area contributed by atoms with E-state index in [4.69, 9.17) is 11.6 Å². The van der Waals surface area contributed by atoms with E-state index in [1.165, 1.54) is 0 Å². The first-order chi connectivity index (χ1) is 11.8. The van der Waals surface area contributed by atoms with Crippen LogP contribution in [0.3, 0.4) is 0 Å². The van der Waals surface area contributed by atoms with Crippen molar-refractivity contribution >= 4 is 40.7 Å². The lowest BCUT2D eigenvalue weighted by molar-refractivity contribution is -0.136. The van der Waals surface area contributed by atoms with Crippen molar-refractivity contribution in [2.75, 3.05) is 17.2 Å². The maximum Gasteiger partial charge on any atom is 0.313 e. The molecule has 0 radical (unpaired) electrons. The summed E-state index contributed by atoms with van der Waals surface area (Å²) in [6, 6.07) is 12.1. The SMILES string of the molecule is Cc1cccc(NC(=O)C(=O)NCC(=O)Nc2cc(Cl)ccc2C)c1. The number of carbonyl (C=O) groups excluding carboxylic acids is 3. The molecule has 0 fully saturated rings. The molecule has 0 heterocycles. The molecule has 0 saturated heterocycles. The Bertz CT molecular complexity index is 821. The molecule has 25 heavy (non-hydrogen) atoms. The molecule has 7 heteroatoms. The molecule has 2 aromatic carbocycles. The Balaban J connectivity index is 1.85. The van der Waals surface area contributed by atoms with Gasteiger partial charge in [0, 0.05) is 16.4 Å². The summed E-state index contributed by atoms with van der Waals surface area (Å²) in [5.41, 5.74) is 2.85. The molecular weight excluding hydrogens is 342 g/mol. The molecule has 6 nitrogen and oxygen atoms in total. The summed E-state index contributed by atoms with van der Waals surface area (Å²) in [7, 11) is 0. The Labute approximate surface area is 150 Å². The van der Waals surface area contributed by atoms with Gasteiger partial charge in [-0.1, -0.05) is 29.8 Å². The van der Waals surface area contributed by atoms with Gasteiger partial charge in [0.2, 0.25) is 5.91 Å². The highest BCUT2D eigenvalue weighted by Gasteiger charge is 2.15. The van der Waals surface area contributed by atoms with Crippen molar-refractivity contribution < 1.29 is 14.4 Å². The summed E-state index contributed by atoms with van der Waals surface area (Å²) < 4.78 is 0. The standard InChI is InChI=1S/C18H18ClN3O3/c1-11-4-3-5-14(8-11)21-18(25)17(24)20-10-16(23)22-15-9-13(19)7-6-12(15)2/h3-9H,10H2,1-2H3,(H,20,24)(H,21,25)(H,22,23). The maximum absolute atomic E-state index is 11.9. The lowest BCUT2D eigenvalue weighted by Crippen LogP contribution is -2.39. The van der Waals surface area contributed by atoms with Crippen molar-refractivity contribution in [3.63, 3.8) is 0 Å². The van der Waals surface area contributed by atoms with E-state index in [1.54, 1.807) is 36.4 Å². The van der Waals surface area contributed by atoms with Crippen LogP contribution in [-0.2, 0) is 14.4 Å². The molecule has 0 unspecified atom stereocenters. The summed E-state index contributed by atoms with van der Waals surface area (Å²) in [6.07, 6.45) is 0. The van der Waals surface area contributed by atoms with Crippen LogP contribution in [0.5, 0.6) is 0 Å². The Morgan fingerprint density at radius 1 is 0.960 bits per heavy atom. The van der Waals surface area contributed by atoms with Crippen molar-refractivity contribution in [3.8, 4) is 0 Å². The highest BCUT2D eigenvalue weighted by atomic mass is 35.5. The number of carbonyl (C=O) groups is 3. The molecule has 0 saturated carbocycles. The van der Waals surface area contributed by atoms with Crippen LogP contribution in [0.1, 0.15) is 11.1 Å². The number of nitrogens with one attached hydrogen (secondary N) is 3. The van der Waals surface area contributed by atoms with E-state index < -0.39 is 17.7 Å². The second-order valence-electron chi connectivity index (χ2n) is 5.51. The summed E-state index contributed by atoms with van der Waals surface area (Å²) >= 11 is 5.88. The first kappa shape index (κ1) is 18.5. The predicted octanol–water partition coefficient (Wildman–Crippen LogP) is 2.65. The lowest BCUT2D eigenvalue weighted by atomic mass is 10.2. The molecule has 0 aliphatic rings. The molecule has 0 aliphatic heterocycles. The fraction of sp³-hybridized carbons (Fsp3) is 0.167. The van der Waals surface area contributed by atoms with Crippen molar-refractivity contribution in [1.29, 1.82) is 0 Å². The minimum Gasteiger partial charge on any atom is -0.339 e. The van der Waals surface area contributed by atoms with Gasteiger partial charge < -0.3 is 16.0 Å². The van der Waals surface area contributed by atoms with Gasteiger partial charge in [-0.25, -0.2) is 0 Å². The van der Waals surface area contributed by atoms with Crippen LogP contribution >= 0.6 is 11.6 Å². The molecule has 3 amide bonds. The minimum absolute atomic E-state index is 0.327. The number of hydrogen-bond donors (Lipinski definition) is 3. The molecule has 0 aliphatic carbocycles. The van der Waals surface area contributed by atoms with Crippen LogP contribution in [0.4, 0.5) is 11.4 Å². The molecule has 3 N–H and O–H groups in total. The molecule has 0 atom stereocenters. The van der Waals surface area contributed by atoms with Crippen LogP contribution in [0.2, 0.25) is 5.02 Å². The average Bonchev–Trinajstić information content (AvgIpc) is 2.56. The normalized spacial score (nSPS) is 10.0. The van der Waals surface area contributed by atoms with Crippen LogP contribution < -0.4 is 16.0 Å². The summed E-state index contributed by atoms with van der Waals surface area (Å²) in [5, 5.41) is 7.87. The first-order valence-corrected chi connectivity index (χ1v) is 7.95. The van der Waals surface area contributed by atoms with Gasteiger partial charge in [-0.05, 0) is 49.2 Å². The Morgan fingerprint density at radius 3 is 2.44 bits per heavy atom. The first-order valence-electron chi connectivity index (χ1n) is 7.57. The summed E-state index contributed by atoms with van der Waals surface area (Å²) in [6.45, 7) is 3.36. The third-order valence-electron chi connectivity index (χ3n) is 3.37.